The maximum absolute atomic E-state index is 13.7. The third kappa shape index (κ3) is 5.10. The van der Waals surface area contributed by atoms with Crippen molar-refractivity contribution in [2.75, 3.05) is 25.6 Å². The van der Waals surface area contributed by atoms with Crippen molar-refractivity contribution in [3.8, 4) is 0 Å². The molecule has 2 aromatic rings. The first-order valence-corrected chi connectivity index (χ1v) is 9.75. The zero-order valence-corrected chi connectivity index (χ0v) is 16.9. The van der Waals surface area contributed by atoms with Gasteiger partial charge in [-0.2, -0.15) is 0 Å². The van der Waals surface area contributed by atoms with Gasteiger partial charge in [0.05, 0.1) is 5.69 Å². The zero-order valence-electron chi connectivity index (χ0n) is 16.9. The number of carbonyl (C=O) groups excluding carboxylic acids is 1. The van der Waals surface area contributed by atoms with E-state index in [9.17, 15) is 14.4 Å². The second kappa shape index (κ2) is 10.1. The van der Waals surface area contributed by atoms with Gasteiger partial charge in [0, 0.05) is 26.3 Å². The lowest BCUT2D eigenvalue weighted by Gasteiger charge is -2.26. The molecule has 1 fully saturated rings. The molecular weight excluding hydrogens is 395 g/mol. The van der Waals surface area contributed by atoms with Gasteiger partial charge in [0.1, 0.15) is 5.82 Å². The van der Waals surface area contributed by atoms with Crippen LogP contribution >= 0.6 is 0 Å². The summed E-state index contributed by atoms with van der Waals surface area (Å²) < 4.78 is 23.9. The summed E-state index contributed by atoms with van der Waals surface area (Å²) in [5.41, 5.74) is 2.81. The third-order valence-electron chi connectivity index (χ3n) is 4.98. The Morgan fingerprint density at radius 1 is 1.37 bits per heavy atom. The summed E-state index contributed by atoms with van der Waals surface area (Å²) in [6, 6.07) is 3.94. The normalized spacial score (nSPS) is 17.3. The van der Waals surface area contributed by atoms with Crippen molar-refractivity contribution in [3.63, 3.8) is 0 Å². The molecule has 10 nitrogen and oxygen atoms in total. The van der Waals surface area contributed by atoms with Gasteiger partial charge in [0.15, 0.2) is 11.5 Å². The molecule has 2 amide bonds. The molecule has 1 saturated heterocycles. The number of aryl methyl sites for hydroxylation is 1. The summed E-state index contributed by atoms with van der Waals surface area (Å²) in [5.74, 6) is -0.446. The van der Waals surface area contributed by atoms with Crippen molar-refractivity contribution in [3.05, 3.63) is 35.3 Å². The van der Waals surface area contributed by atoms with E-state index in [1.165, 1.54) is 12.1 Å². The molecule has 0 bridgehead atoms. The van der Waals surface area contributed by atoms with E-state index < -0.39 is 6.03 Å². The number of nitrogens with one attached hydrogen (secondary N) is 2. The van der Waals surface area contributed by atoms with Gasteiger partial charge in [-0.25, -0.2) is 18.8 Å². The number of aromatic nitrogens is 2. The molecule has 0 saturated carbocycles. The maximum Gasteiger partial charge on any atom is 0.323 e. The standard InChI is InChI=1S/C19H25FN6O4/c1-3-12-11-13(6-7-15(12)20)21-17(23-28)16-18(25-30-24-16)22-19(27)26(2)14-5-4-9-29-10-8-14/h6-7,11,14,28H,3-5,8-10H2,1-2H3,(H,21,23)(H,22,25,27). The lowest BCUT2D eigenvalue weighted by molar-refractivity contribution is 0.137. The molecule has 30 heavy (non-hydrogen) atoms. The van der Waals surface area contributed by atoms with E-state index in [1.807, 2.05) is 12.4 Å². The van der Waals surface area contributed by atoms with Crippen LogP contribution in [0.1, 0.15) is 37.4 Å². The predicted octanol–water partition coefficient (Wildman–Crippen LogP) is 2.86. The average Bonchev–Trinajstić information content (AvgIpc) is 3.03. The van der Waals surface area contributed by atoms with Gasteiger partial charge in [-0.3, -0.25) is 16.0 Å². The van der Waals surface area contributed by atoms with Crippen LogP contribution in [0.15, 0.2) is 27.8 Å². The predicted molar refractivity (Wildman–Crippen MR) is 106 cm³/mol. The molecule has 3 rings (SSSR count). The van der Waals surface area contributed by atoms with Gasteiger partial charge in [0.25, 0.3) is 0 Å². The number of nitrogens with zero attached hydrogens (tertiary/aromatic N) is 4. The Bertz CT molecular complexity index is 895. The number of halogens is 1. The minimum absolute atomic E-state index is 0.00477. The number of hydroxylamine groups is 1. The van der Waals surface area contributed by atoms with Crippen LogP contribution in [0, 0.1) is 5.82 Å². The molecule has 1 aromatic heterocycles. The van der Waals surface area contributed by atoms with E-state index in [4.69, 9.17) is 9.37 Å². The SMILES string of the molecule is CCc1cc(N=C(NO)c2nonc2NC(=O)N(C)C2CCCOCC2)ccc1F. The van der Waals surface area contributed by atoms with Crippen LogP contribution in [0.3, 0.4) is 0 Å². The van der Waals surface area contributed by atoms with Crippen LogP contribution in [-0.2, 0) is 11.2 Å². The van der Waals surface area contributed by atoms with Crippen molar-refractivity contribution in [1.29, 1.82) is 0 Å². The van der Waals surface area contributed by atoms with Gasteiger partial charge in [-0.05, 0) is 59.8 Å². The number of rotatable bonds is 5. The number of hydrogen-bond donors (Lipinski definition) is 3. The summed E-state index contributed by atoms with van der Waals surface area (Å²) in [5, 5.41) is 19.6. The molecule has 1 aliphatic heterocycles. The molecule has 1 aliphatic rings. The number of carbonyl (C=O) groups is 1. The topological polar surface area (TPSA) is 125 Å². The van der Waals surface area contributed by atoms with Crippen LogP contribution in [-0.4, -0.2) is 58.6 Å². The number of anilines is 1. The highest BCUT2D eigenvalue weighted by Crippen LogP contribution is 2.21. The summed E-state index contributed by atoms with van der Waals surface area (Å²) in [6.45, 7) is 3.11. The Balaban J connectivity index is 1.78. The van der Waals surface area contributed by atoms with Gasteiger partial charge in [0.2, 0.25) is 5.82 Å². The third-order valence-corrected chi connectivity index (χ3v) is 4.98. The van der Waals surface area contributed by atoms with Crippen molar-refractivity contribution in [1.82, 2.24) is 20.7 Å². The van der Waals surface area contributed by atoms with Crippen molar-refractivity contribution >= 4 is 23.4 Å². The molecule has 0 spiro atoms. The highest BCUT2D eigenvalue weighted by atomic mass is 19.1. The van der Waals surface area contributed by atoms with Crippen LogP contribution in [0.5, 0.6) is 0 Å². The van der Waals surface area contributed by atoms with Crippen molar-refractivity contribution in [2.45, 2.75) is 38.6 Å². The maximum atomic E-state index is 13.7. The van der Waals surface area contributed by atoms with E-state index in [0.29, 0.717) is 30.9 Å². The number of amidine groups is 1. The van der Waals surface area contributed by atoms with Crippen molar-refractivity contribution < 1.29 is 23.8 Å². The minimum Gasteiger partial charge on any atom is -0.381 e. The molecule has 1 aromatic carbocycles. The number of aliphatic imine (C=N–C) groups is 1. The molecule has 3 N–H and O–H groups in total. The highest BCUT2D eigenvalue weighted by molar-refractivity contribution is 6.04. The van der Waals surface area contributed by atoms with Gasteiger partial charge >= 0.3 is 6.03 Å². The van der Waals surface area contributed by atoms with Crippen molar-refractivity contribution in [2.24, 2.45) is 4.99 Å². The summed E-state index contributed by atoms with van der Waals surface area (Å²) in [7, 11) is 1.70. The first-order chi connectivity index (χ1) is 14.5. The smallest absolute Gasteiger partial charge is 0.323 e. The first-order valence-electron chi connectivity index (χ1n) is 9.75. The van der Waals surface area contributed by atoms with E-state index in [2.05, 4.69) is 20.6 Å². The van der Waals surface area contributed by atoms with E-state index in [1.54, 1.807) is 18.0 Å². The van der Waals surface area contributed by atoms with Crippen LogP contribution in [0.4, 0.5) is 20.7 Å². The van der Waals surface area contributed by atoms with Gasteiger partial charge in [-0.15, -0.1) is 0 Å². The zero-order chi connectivity index (χ0) is 21.5. The largest absolute Gasteiger partial charge is 0.381 e. The summed E-state index contributed by atoms with van der Waals surface area (Å²) >= 11 is 0. The molecule has 1 unspecified atom stereocenters. The fourth-order valence-corrected chi connectivity index (χ4v) is 3.22. The molecule has 2 heterocycles. The van der Waals surface area contributed by atoms with Crippen LogP contribution < -0.4 is 10.8 Å². The second-order valence-electron chi connectivity index (χ2n) is 6.90. The van der Waals surface area contributed by atoms with Crippen LogP contribution in [0.2, 0.25) is 0 Å². The number of ether oxygens (including phenoxy) is 1. The fraction of sp³-hybridized carbons (Fsp3) is 0.474. The molecule has 162 valence electrons. The monoisotopic (exact) mass is 420 g/mol. The van der Waals surface area contributed by atoms with E-state index >= 15 is 0 Å². The Morgan fingerprint density at radius 2 is 2.20 bits per heavy atom. The summed E-state index contributed by atoms with van der Waals surface area (Å²) in [4.78, 5) is 18.5. The average molecular weight is 420 g/mol. The van der Waals surface area contributed by atoms with Crippen LogP contribution in [0.25, 0.3) is 0 Å². The second-order valence-corrected chi connectivity index (χ2v) is 6.90. The molecule has 0 radical (unpaired) electrons. The minimum atomic E-state index is -0.397. The fourth-order valence-electron chi connectivity index (χ4n) is 3.22. The van der Waals surface area contributed by atoms with Gasteiger partial charge in [-0.1, -0.05) is 6.92 Å². The Labute approximate surface area is 173 Å². The Hall–Kier alpha value is -3.05. The lowest BCUT2D eigenvalue weighted by atomic mass is 10.1. The molecular formula is C19H25FN6O4. The highest BCUT2D eigenvalue weighted by Gasteiger charge is 2.25. The molecule has 0 aliphatic carbocycles. The van der Waals surface area contributed by atoms with E-state index in [0.717, 1.165) is 19.3 Å². The number of amides is 2. The van der Waals surface area contributed by atoms with E-state index in [-0.39, 0.29) is 29.2 Å². The van der Waals surface area contributed by atoms with Gasteiger partial charge < -0.3 is 9.64 Å². The number of hydrogen-bond acceptors (Lipinski definition) is 7. The number of benzene rings is 1. The molecule has 11 heteroatoms. The molecule has 1 atom stereocenters. The first kappa shape index (κ1) is 21.7. The number of urea groups is 1. The Morgan fingerprint density at radius 3 is 2.97 bits per heavy atom. The lowest BCUT2D eigenvalue weighted by Crippen LogP contribution is -2.40. The summed E-state index contributed by atoms with van der Waals surface area (Å²) in [6.07, 6.45) is 2.94. The Kier molecular flexibility index (Phi) is 7.31. The quantitative estimate of drug-likeness (QED) is 0.386.